The Morgan fingerprint density at radius 1 is 0.833 bits per heavy atom. The monoisotopic (exact) mass is 411 g/mol. The number of para-hydroxylation sites is 1. The maximum Gasteiger partial charge on any atom is 0.277 e. The van der Waals surface area contributed by atoms with Crippen LogP contribution in [0.25, 0.3) is 33.5 Å². The molecule has 0 aliphatic heterocycles. The Balaban J connectivity index is 1.48. The number of fused-ring (bicyclic) bond motifs is 1. The van der Waals surface area contributed by atoms with Crippen LogP contribution in [-0.4, -0.2) is 15.2 Å². The summed E-state index contributed by atoms with van der Waals surface area (Å²) in [5.74, 6) is 0.940. The molecule has 1 N–H and O–H groups in total. The number of thioether (sulfide) groups is 1. The van der Waals surface area contributed by atoms with Crippen LogP contribution in [0.4, 0.5) is 0 Å². The van der Waals surface area contributed by atoms with Gasteiger partial charge in [0, 0.05) is 22.9 Å². The molecule has 0 saturated heterocycles. The molecule has 146 valence electrons. The SMILES string of the molecule is O=c1c(-c2nnc(SCc3ccccc3)o2)c[nH]c2c(-c3ccccc3)cccc12. The zero-order valence-electron chi connectivity index (χ0n) is 15.9. The van der Waals surface area contributed by atoms with E-state index in [9.17, 15) is 4.79 Å². The Hall–Kier alpha value is -3.64. The van der Waals surface area contributed by atoms with Crippen molar-refractivity contribution in [1.29, 1.82) is 0 Å². The van der Waals surface area contributed by atoms with E-state index in [1.807, 2.05) is 78.9 Å². The lowest BCUT2D eigenvalue weighted by molar-refractivity contribution is 0.465. The lowest BCUT2D eigenvalue weighted by Crippen LogP contribution is -2.07. The fourth-order valence-electron chi connectivity index (χ4n) is 3.37. The number of nitrogens with zero attached hydrogens (tertiary/aromatic N) is 2. The zero-order valence-corrected chi connectivity index (χ0v) is 16.7. The Labute approximate surface area is 176 Å². The molecule has 0 aliphatic carbocycles. The number of benzene rings is 3. The largest absolute Gasteiger partial charge is 0.411 e. The van der Waals surface area contributed by atoms with Crippen molar-refractivity contribution >= 4 is 22.7 Å². The molecular formula is C24H17N3O2S. The smallest absolute Gasteiger partial charge is 0.277 e. The normalized spacial score (nSPS) is 11.1. The van der Waals surface area contributed by atoms with Crippen LogP contribution >= 0.6 is 11.8 Å². The van der Waals surface area contributed by atoms with Gasteiger partial charge < -0.3 is 9.40 Å². The molecule has 0 unspecified atom stereocenters. The lowest BCUT2D eigenvalue weighted by atomic mass is 10.0. The van der Waals surface area contributed by atoms with Gasteiger partial charge in [0.15, 0.2) is 0 Å². The minimum Gasteiger partial charge on any atom is -0.411 e. The maximum absolute atomic E-state index is 13.1. The van der Waals surface area contributed by atoms with E-state index in [0.29, 0.717) is 16.2 Å². The van der Waals surface area contributed by atoms with Crippen LogP contribution in [0.2, 0.25) is 0 Å². The van der Waals surface area contributed by atoms with Crippen molar-refractivity contribution in [2.24, 2.45) is 0 Å². The summed E-state index contributed by atoms with van der Waals surface area (Å²) in [5, 5.41) is 9.20. The van der Waals surface area contributed by atoms with Crippen molar-refractivity contribution in [2.75, 3.05) is 0 Å². The van der Waals surface area contributed by atoms with Gasteiger partial charge in [-0.15, -0.1) is 10.2 Å². The van der Waals surface area contributed by atoms with Gasteiger partial charge in [0.1, 0.15) is 5.56 Å². The number of nitrogens with one attached hydrogen (secondary N) is 1. The quantitative estimate of drug-likeness (QED) is 0.385. The van der Waals surface area contributed by atoms with Crippen LogP contribution in [-0.2, 0) is 5.75 Å². The van der Waals surface area contributed by atoms with Crippen LogP contribution in [0.3, 0.4) is 0 Å². The highest BCUT2D eigenvalue weighted by Gasteiger charge is 2.16. The van der Waals surface area contributed by atoms with Crippen LogP contribution in [0.15, 0.2) is 99.5 Å². The molecule has 6 heteroatoms. The van der Waals surface area contributed by atoms with Crippen molar-refractivity contribution in [2.45, 2.75) is 11.0 Å². The summed E-state index contributed by atoms with van der Waals surface area (Å²) in [4.78, 5) is 16.4. The summed E-state index contributed by atoms with van der Waals surface area (Å²) in [6.45, 7) is 0. The Morgan fingerprint density at radius 3 is 2.40 bits per heavy atom. The second-order valence-electron chi connectivity index (χ2n) is 6.77. The highest BCUT2D eigenvalue weighted by Crippen LogP contribution is 2.28. The average Bonchev–Trinajstić information content (AvgIpc) is 3.28. The number of aromatic nitrogens is 3. The number of hydrogen-bond donors (Lipinski definition) is 1. The van der Waals surface area contributed by atoms with E-state index in [1.54, 1.807) is 6.20 Å². The molecule has 2 heterocycles. The van der Waals surface area contributed by atoms with Crippen LogP contribution in [0.1, 0.15) is 5.56 Å². The standard InChI is InChI=1S/C24H17N3O2S/c28-22-19-13-7-12-18(17-10-5-2-6-11-17)21(19)25-14-20(22)23-26-27-24(29-23)30-15-16-8-3-1-4-9-16/h1-14H,15H2,(H,25,28). The Morgan fingerprint density at radius 2 is 1.60 bits per heavy atom. The molecule has 5 rings (SSSR count). The molecule has 5 nitrogen and oxygen atoms in total. The first kappa shape index (κ1) is 18.4. The fraction of sp³-hybridized carbons (Fsp3) is 0.0417. The number of H-pyrrole nitrogens is 1. The molecule has 0 bridgehead atoms. The number of hydrogen-bond acceptors (Lipinski definition) is 5. The average molecular weight is 411 g/mol. The third kappa shape index (κ3) is 3.53. The summed E-state index contributed by atoms with van der Waals surface area (Å²) in [5.41, 5.74) is 4.21. The molecule has 2 aromatic heterocycles. The molecule has 30 heavy (non-hydrogen) atoms. The molecule has 0 amide bonds. The molecule has 0 atom stereocenters. The van der Waals surface area contributed by atoms with Gasteiger partial charge in [0.05, 0.1) is 5.52 Å². The first-order chi connectivity index (χ1) is 14.8. The maximum atomic E-state index is 13.1. The molecule has 0 aliphatic rings. The van der Waals surface area contributed by atoms with E-state index in [1.165, 1.54) is 17.3 Å². The summed E-state index contributed by atoms with van der Waals surface area (Å²) in [6, 6.07) is 25.7. The third-order valence-electron chi connectivity index (χ3n) is 4.84. The minimum absolute atomic E-state index is 0.134. The molecule has 5 aromatic rings. The van der Waals surface area contributed by atoms with E-state index >= 15 is 0 Å². The fourth-order valence-corrected chi connectivity index (χ4v) is 4.08. The van der Waals surface area contributed by atoms with Gasteiger partial charge in [0.25, 0.3) is 11.1 Å². The van der Waals surface area contributed by atoms with Gasteiger partial charge in [-0.3, -0.25) is 4.79 Å². The first-order valence-electron chi connectivity index (χ1n) is 9.50. The summed E-state index contributed by atoms with van der Waals surface area (Å²) in [7, 11) is 0. The minimum atomic E-state index is -0.134. The Bertz CT molecular complexity index is 1360. The molecular weight excluding hydrogens is 394 g/mol. The summed E-state index contributed by atoms with van der Waals surface area (Å²) < 4.78 is 5.76. The van der Waals surface area contributed by atoms with Crippen molar-refractivity contribution < 1.29 is 4.42 Å². The number of pyridine rings is 1. The topological polar surface area (TPSA) is 71.8 Å². The van der Waals surface area contributed by atoms with Gasteiger partial charge in [-0.2, -0.15) is 0 Å². The van der Waals surface area contributed by atoms with E-state index in [4.69, 9.17) is 4.42 Å². The predicted octanol–water partition coefficient (Wildman–Crippen LogP) is 5.54. The highest BCUT2D eigenvalue weighted by molar-refractivity contribution is 7.98. The molecule has 0 fully saturated rings. The van der Waals surface area contributed by atoms with Crippen molar-refractivity contribution in [1.82, 2.24) is 15.2 Å². The van der Waals surface area contributed by atoms with Gasteiger partial charge in [-0.1, -0.05) is 84.6 Å². The zero-order chi connectivity index (χ0) is 20.3. The summed E-state index contributed by atoms with van der Waals surface area (Å²) in [6.07, 6.45) is 1.65. The van der Waals surface area contributed by atoms with Crippen molar-refractivity contribution in [3.8, 4) is 22.6 Å². The van der Waals surface area contributed by atoms with Crippen LogP contribution in [0.5, 0.6) is 0 Å². The lowest BCUT2D eigenvalue weighted by Gasteiger charge is -2.07. The summed E-state index contributed by atoms with van der Waals surface area (Å²) >= 11 is 1.45. The van der Waals surface area contributed by atoms with E-state index in [2.05, 4.69) is 15.2 Å². The van der Waals surface area contributed by atoms with Crippen LogP contribution < -0.4 is 5.43 Å². The van der Waals surface area contributed by atoms with Crippen molar-refractivity contribution in [3.05, 3.63) is 101 Å². The number of aromatic amines is 1. The highest BCUT2D eigenvalue weighted by atomic mass is 32.2. The second-order valence-corrected chi connectivity index (χ2v) is 7.70. The molecule has 3 aromatic carbocycles. The van der Waals surface area contributed by atoms with Gasteiger partial charge in [-0.05, 0) is 17.2 Å². The van der Waals surface area contributed by atoms with E-state index < -0.39 is 0 Å². The Kier molecular flexibility index (Phi) is 4.91. The molecule has 0 saturated carbocycles. The molecule has 0 spiro atoms. The van der Waals surface area contributed by atoms with Gasteiger partial charge >= 0.3 is 0 Å². The van der Waals surface area contributed by atoms with E-state index in [0.717, 1.165) is 22.4 Å². The third-order valence-corrected chi connectivity index (χ3v) is 5.73. The predicted molar refractivity (Wildman–Crippen MR) is 119 cm³/mol. The van der Waals surface area contributed by atoms with Gasteiger partial charge in [-0.25, -0.2) is 0 Å². The molecule has 0 radical (unpaired) electrons. The number of rotatable bonds is 5. The second kappa shape index (κ2) is 8.00. The first-order valence-corrected chi connectivity index (χ1v) is 10.5. The van der Waals surface area contributed by atoms with Crippen LogP contribution in [0, 0.1) is 0 Å². The van der Waals surface area contributed by atoms with Crippen molar-refractivity contribution in [3.63, 3.8) is 0 Å². The van der Waals surface area contributed by atoms with Gasteiger partial charge in [0.2, 0.25) is 5.43 Å². The van der Waals surface area contributed by atoms with E-state index in [-0.39, 0.29) is 11.3 Å².